The molecule has 18 nitrogen and oxygen atoms in total. The van der Waals surface area contributed by atoms with Gasteiger partial charge in [0.1, 0.15) is 18.1 Å². The fraction of sp³-hybridized carbons (Fsp3) is 0.400. The first-order chi connectivity index (χ1) is 31.6. The summed E-state index contributed by atoms with van der Waals surface area (Å²) < 4.78 is 40.9. The molecule has 4 amide bonds. The number of anilines is 3. The molecule has 20 heteroatoms. The molecule has 2 aromatic carbocycles. The third kappa shape index (κ3) is 10.0. The number of nitrogens with zero attached hydrogens (tertiary/aromatic N) is 7. The smallest absolute Gasteiger partial charge is 0.284 e. The molecule has 5 N–H and O–H groups in total. The Hall–Kier alpha value is -6.61. The number of pyridine rings is 1. The highest BCUT2D eigenvalue weighted by atomic mass is 19.3. The monoisotopic (exact) mass is 893 g/mol. The topological polar surface area (TPSA) is 212 Å². The van der Waals surface area contributed by atoms with Gasteiger partial charge in [-0.1, -0.05) is 12.1 Å². The molecule has 65 heavy (non-hydrogen) atoms. The lowest BCUT2D eigenvalue weighted by Crippen LogP contribution is -2.53. The number of nitrogens with one attached hydrogen (secondary N) is 4. The summed E-state index contributed by atoms with van der Waals surface area (Å²) in [5.74, 6) is -0.563. The molecular formula is C45H49F2N11O7. The number of amides is 4. The maximum Gasteiger partial charge on any atom is 0.284 e. The van der Waals surface area contributed by atoms with Crippen molar-refractivity contribution in [3.05, 3.63) is 101 Å². The summed E-state index contributed by atoms with van der Waals surface area (Å²) in [6.07, 6.45) is 2.63. The molecule has 2 atom stereocenters. The Bertz CT molecular complexity index is 2540. The Balaban J connectivity index is 0.684. The molecule has 2 saturated heterocycles. The Morgan fingerprint density at radius 3 is 2.55 bits per heavy atom. The van der Waals surface area contributed by atoms with Crippen molar-refractivity contribution >= 4 is 40.8 Å². The number of oxazole rings is 1. The van der Waals surface area contributed by atoms with Gasteiger partial charge >= 0.3 is 0 Å². The highest BCUT2D eigenvalue weighted by Crippen LogP contribution is 2.38. The van der Waals surface area contributed by atoms with E-state index in [9.17, 15) is 33.1 Å². The predicted octanol–water partition coefficient (Wildman–Crippen LogP) is 4.11. The second-order valence-electron chi connectivity index (χ2n) is 16.5. The van der Waals surface area contributed by atoms with Crippen LogP contribution in [0.1, 0.15) is 76.0 Å². The number of fused-ring (bicyclic) bond motifs is 1. The third-order valence-electron chi connectivity index (χ3n) is 12.0. The normalized spacial score (nSPS) is 18.9. The van der Waals surface area contributed by atoms with Gasteiger partial charge in [0.2, 0.25) is 17.7 Å². The van der Waals surface area contributed by atoms with Crippen molar-refractivity contribution < 1.29 is 42.2 Å². The number of benzene rings is 2. The molecule has 340 valence electrons. The summed E-state index contributed by atoms with van der Waals surface area (Å²) in [5, 5.41) is 26.5. The van der Waals surface area contributed by atoms with E-state index >= 15 is 0 Å². The molecule has 0 radical (unpaired) electrons. The lowest BCUT2D eigenvalue weighted by molar-refractivity contribution is -0.139. The average Bonchev–Trinajstić information content (AvgIpc) is 3.72. The molecule has 2 unspecified atom stereocenters. The SMILES string of the molecule is O=C1CCC(N2C(=O)c3ccc(N4CCN(CCOCCNCc5ccc(-n6cc(NC(=O)c7coc(-c8ccnc(NCC9CC9)c8)n7)c(C(F)F)n6)cc5)CC4)cc3C2O)C(=O)N1. The highest BCUT2D eigenvalue weighted by molar-refractivity contribution is 6.06. The number of carbonyl (C=O) groups is 4. The summed E-state index contributed by atoms with van der Waals surface area (Å²) in [5.41, 5.74) is 3.05. The van der Waals surface area contributed by atoms with Crippen LogP contribution in [0.3, 0.4) is 0 Å². The largest absolute Gasteiger partial charge is 0.444 e. The number of carbonyl (C=O) groups excluding carboxylic acids is 4. The molecule has 0 bridgehead atoms. The molecule has 4 aliphatic rings. The molecule has 5 aromatic rings. The van der Waals surface area contributed by atoms with Crippen molar-refractivity contribution in [2.45, 2.75) is 50.9 Å². The number of ether oxygens (including phenoxy) is 1. The summed E-state index contributed by atoms with van der Waals surface area (Å²) in [6, 6.07) is 15.2. The van der Waals surface area contributed by atoms with Crippen molar-refractivity contribution in [3.8, 4) is 17.1 Å². The van der Waals surface area contributed by atoms with Gasteiger partial charge in [-0.3, -0.25) is 34.3 Å². The number of alkyl halides is 2. The fourth-order valence-corrected chi connectivity index (χ4v) is 8.19. The minimum absolute atomic E-state index is 0.0736. The molecule has 6 heterocycles. The summed E-state index contributed by atoms with van der Waals surface area (Å²) in [6.45, 7) is 7.00. The first-order valence-corrected chi connectivity index (χ1v) is 21.8. The number of rotatable bonds is 18. The van der Waals surface area contributed by atoms with Crippen molar-refractivity contribution in [1.29, 1.82) is 0 Å². The van der Waals surface area contributed by atoms with Gasteiger partial charge in [0.25, 0.3) is 18.2 Å². The minimum Gasteiger partial charge on any atom is -0.444 e. The molecule has 3 aliphatic heterocycles. The second-order valence-corrected chi connectivity index (χ2v) is 16.5. The first-order valence-electron chi connectivity index (χ1n) is 21.8. The Kier molecular flexibility index (Phi) is 12.9. The van der Waals surface area contributed by atoms with Gasteiger partial charge in [-0.05, 0) is 73.2 Å². The van der Waals surface area contributed by atoms with Gasteiger partial charge in [0, 0.05) is 87.4 Å². The van der Waals surface area contributed by atoms with E-state index < -0.39 is 42.1 Å². The number of piperidine rings is 1. The van der Waals surface area contributed by atoms with E-state index in [4.69, 9.17) is 9.15 Å². The van der Waals surface area contributed by atoms with Gasteiger partial charge in [0.15, 0.2) is 17.6 Å². The quantitative estimate of drug-likeness (QED) is 0.0619. The molecule has 1 saturated carbocycles. The number of aliphatic hydroxyl groups is 1. The Labute approximate surface area is 372 Å². The van der Waals surface area contributed by atoms with Gasteiger partial charge in [-0.25, -0.2) is 23.4 Å². The van der Waals surface area contributed by atoms with E-state index in [-0.39, 0.29) is 36.0 Å². The lowest BCUT2D eigenvalue weighted by atomic mass is 10.0. The number of halogens is 2. The van der Waals surface area contributed by atoms with E-state index in [0.717, 1.165) is 50.5 Å². The first kappa shape index (κ1) is 43.6. The number of aromatic nitrogens is 4. The lowest BCUT2D eigenvalue weighted by Gasteiger charge is -2.36. The van der Waals surface area contributed by atoms with Crippen LogP contribution in [0.4, 0.5) is 26.0 Å². The zero-order chi connectivity index (χ0) is 45.0. The molecule has 3 fully saturated rings. The minimum atomic E-state index is -2.94. The standard InChI is InChI=1S/C45H49F2N11O7/c46-40(47)39-34(51-41(60)35-26-65-43(52-35)29-11-12-49-37(21-29)50-24-28-1-2-28)25-57(54-39)30-5-3-27(4-6-30)23-48-13-19-64-20-18-55-14-16-56(17-15-55)31-7-8-32-33(22-31)45(63)58(44(32)62)36-9-10-38(59)53-42(36)61/h3-8,11-12,21-22,25-26,28,36,40,45,48,63H,1-2,9-10,13-20,23-24H2,(H,49,50)(H,51,60)(H,53,59,61). The van der Waals surface area contributed by atoms with Crippen molar-refractivity contribution in [3.63, 3.8) is 0 Å². The zero-order valence-electron chi connectivity index (χ0n) is 35.4. The second kappa shape index (κ2) is 19.2. The van der Waals surface area contributed by atoms with E-state index in [1.807, 2.05) is 24.3 Å². The maximum atomic E-state index is 14.1. The number of hydrogen-bond donors (Lipinski definition) is 5. The summed E-state index contributed by atoms with van der Waals surface area (Å²) in [4.78, 5) is 64.6. The van der Waals surface area contributed by atoms with Crippen LogP contribution in [0.5, 0.6) is 0 Å². The van der Waals surface area contributed by atoms with Crippen molar-refractivity contribution in [2.24, 2.45) is 5.92 Å². The molecule has 0 spiro atoms. The van der Waals surface area contributed by atoms with E-state index in [1.165, 1.54) is 34.9 Å². The van der Waals surface area contributed by atoms with Crippen LogP contribution in [0, 0.1) is 5.92 Å². The summed E-state index contributed by atoms with van der Waals surface area (Å²) >= 11 is 0. The number of hydrogen-bond acceptors (Lipinski definition) is 14. The number of piperazine rings is 1. The third-order valence-corrected chi connectivity index (χ3v) is 12.0. The van der Waals surface area contributed by atoms with Crippen LogP contribution in [-0.2, 0) is 20.9 Å². The van der Waals surface area contributed by atoms with Crippen LogP contribution in [0.15, 0.2) is 77.7 Å². The summed E-state index contributed by atoms with van der Waals surface area (Å²) in [7, 11) is 0. The molecule has 9 rings (SSSR count). The predicted molar refractivity (Wildman–Crippen MR) is 232 cm³/mol. The van der Waals surface area contributed by atoms with E-state index in [0.29, 0.717) is 60.4 Å². The fourth-order valence-electron chi connectivity index (χ4n) is 8.19. The van der Waals surface area contributed by atoms with E-state index in [1.54, 1.807) is 36.5 Å². The average molecular weight is 894 g/mol. The Morgan fingerprint density at radius 2 is 1.78 bits per heavy atom. The molecule has 1 aliphatic carbocycles. The van der Waals surface area contributed by atoms with Gasteiger partial charge in [-0.15, -0.1) is 0 Å². The van der Waals surface area contributed by atoms with Crippen LogP contribution in [0.2, 0.25) is 0 Å². The Morgan fingerprint density at radius 1 is 0.985 bits per heavy atom. The zero-order valence-corrected chi connectivity index (χ0v) is 35.4. The van der Waals surface area contributed by atoms with Crippen LogP contribution in [0.25, 0.3) is 17.1 Å². The number of aliphatic hydroxyl groups excluding tert-OH is 1. The van der Waals surface area contributed by atoms with Gasteiger partial charge in [0.05, 0.1) is 30.8 Å². The highest BCUT2D eigenvalue weighted by Gasteiger charge is 2.44. The van der Waals surface area contributed by atoms with E-state index in [2.05, 4.69) is 46.1 Å². The van der Waals surface area contributed by atoms with Crippen LogP contribution < -0.4 is 26.2 Å². The van der Waals surface area contributed by atoms with Crippen molar-refractivity contribution in [2.75, 3.05) is 74.6 Å². The van der Waals surface area contributed by atoms with Gasteiger partial charge in [-0.2, -0.15) is 5.10 Å². The van der Waals surface area contributed by atoms with Crippen LogP contribution >= 0.6 is 0 Å². The maximum absolute atomic E-state index is 14.1. The van der Waals surface area contributed by atoms with Crippen molar-refractivity contribution in [1.82, 2.24) is 40.2 Å². The van der Waals surface area contributed by atoms with Crippen LogP contribution in [-0.4, -0.2) is 123 Å². The molecular weight excluding hydrogens is 845 g/mol. The number of imide groups is 1. The van der Waals surface area contributed by atoms with Gasteiger partial charge < -0.3 is 35.1 Å². The molecule has 3 aromatic heterocycles.